The van der Waals surface area contributed by atoms with E-state index in [1.807, 2.05) is 0 Å². The van der Waals surface area contributed by atoms with Gasteiger partial charge in [0.1, 0.15) is 0 Å². The average molecular weight is 374 g/mol. The van der Waals surface area contributed by atoms with Gasteiger partial charge in [-0.25, -0.2) is 0 Å². The Morgan fingerprint density at radius 3 is 2.23 bits per heavy atom. The summed E-state index contributed by atoms with van der Waals surface area (Å²) in [6, 6.07) is 4.21. The normalized spacial score (nSPS) is 19.2. The topological polar surface area (TPSA) is 54.3 Å². The van der Waals surface area contributed by atoms with E-state index in [-0.39, 0.29) is 5.92 Å². The van der Waals surface area contributed by atoms with Crippen LogP contribution >= 0.6 is 11.3 Å². The number of anilines is 1. The maximum Gasteiger partial charge on any atom is 0.225 e. The van der Waals surface area contributed by atoms with Crippen molar-refractivity contribution in [2.75, 3.05) is 31.1 Å². The van der Waals surface area contributed by atoms with Crippen molar-refractivity contribution in [3.8, 4) is 5.13 Å². The van der Waals surface area contributed by atoms with Gasteiger partial charge in [-0.3, -0.25) is 9.36 Å². The van der Waals surface area contributed by atoms with Crippen LogP contribution < -0.4 is 4.90 Å². The van der Waals surface area contributed by atoms with Crippen LogP contribution in [0.4, 0.5) is 5.13 Å². The molecular formula is C19H27N5OS. The molecule has 0 spiro atoms. The van der Waals surface area contributed by atoms with Crippen LogP contribution in [0.3, 0.4) is 0 Å². The van der Waals surface area contributed by atoms with Gasteiger partial charge in [0, 0.05) is 43.5 Å². The molecule has 140 valence electrons. The summed E-state index contributed by atoms with van der Waals surface area (Å²) in [4.78, 5) is 17.1. The van der Waals surface area contributed by atoms with Gasteiger partial charge in [0.25, 0.3) is 0 Å². The summed E-state index contributed by atoms with van der Waals surface area (Å²) in [6.45, 7) is 7.87. The predicted molar refractivity (Wildman–Crippen MR) is 104 cm³/mol. The van der Waals surface area contributed by atoms with Crippen molar-refractivity contribution >= 4 is 22.4 Å². The van der Waals surface area contributed by atoms with Crippen LogP contribution in [0.2, 0.25) is 0 Å². The first kappa shape index (κ1) is 17.5. The molecule has 0 unspecified atom stereocenters. The van der Waals surface area contributed by atoms with Crippen molar-refractivity contribution in [3.05, 3.63) is 23.5 Å². The summed E-state index contributed by atoms with van der Waals surface area (Å²) >= 11 is 1.63. The second-order valence-corrected chi connectivity index (χ2v) is 8.40. The second-order valence-electron chi connectivity index (χ2n) is 7.47. The average Bonchev–Trinajstić information content (AvgIpc) is 3.28. The Morgan fingerprint density at radius 2 is 1.58 bits per heavy atom. The Balaban J connectivity index is 1.39. The minimum atomic E-state index is 0.186. The summed E-state index contributed by atoms with van der Waals surface area (Å²) in [5.74, 6) is 0.562. The molecule has 1 amide bonds. The highest BCUT2D eigenvalue weighted by Crippen LogP contribution is 2.30. The zero-order chi connectivity index (χ0) is 18.1. The number of aryl methyl sites for hydroxylation is 2. The molecule has 4 heterocycles. The number of likely N-dealkylation sites (tertiary alicyclic amines) is 1. The fraction of sp³-hybridized carbons (Fsp3) is 0.632. The van der Waals surface area contributed by atoms with E-state index in [4.69, 9.17) is 0 Å². The fourth-order valence-electron chi connectivity index (χ4n) is 4.09. The van der Waals surface area contributed by atoms with Crippen LogP contribution in [0.1, 0.15) is 43.5 Å². The first-order valence-electron chi connectivity index (χ1n) is 9.66. The molecule has 0 saturated carbocycles. The van der Waals surface area contributed by atoms with Crippen molar-refractivity contribution in [2.24, 2.45) is 5.92 Å². The van der Waals surface area contributed by atoms with E-state index in [1.54, 1.807) is 11.3 Å². The molecule has 0 aromatic carbocycles. The van der Waals surface area contributed by atoms with E-state index in [1.165, 1.54) is 17.8 Å². The molecule has 2 aromatic rings. The van der Waals surface area contributed by atoms with Crippen LogP contribution in [0.5, 0.6) is 0 Å². The maximum absolute atomic E-state index is 12.7. The largest absolute Gasteiger partial charge is 0.347 e. The summed E-state index contributed by atoms with van der Waals surface area (Å²) in [5.41, 5.74) is 2.35. The number of amides is 1. The third-order valence-corrected chi connectivity index (χ3v) is 6.62. The first-order valence-corrected chi connectivity index (χ1v) is 10.5. The number of piperidine rings is 2. The van der Waals surface area contributed by atoms with Crippen molar-refractivity contribution in [1.82, 2.24) is 19.7 Å². The molecule has 2 saturated heterocycles. The van der Waals surface area contributed by atoms with Crippen LogP contribution in [0.15, 0.2) is 12.1 Å². The van der Waals surface area contributed by atoms with Crippen LogP contribution in [0, 0.1) is 19.8 Å². The van der Waals surface area contributed by atoms with E-state index in [2.05, 4.69) is 50.5 Å². The Labute approximate surface area is 158 Å². The lowest BCUT2D eigenvalue weighted by atomic mass is 9.94. The number of carbonyl (C=O) groups excluding carboxylic acids is 1. The number of carbonyl (C=O) groups is 1. The summed E-state index contributed by atoms with van der Waals surface area (Å²) in [5, 5.41) is 10.7. The molecule has 0 radical (unpaired) electrons. The third kappa shape index (κ3) is 3.37. The van der Waals surface area contributed by atoms with Gasteiger partial charge in [-0.15, -0.1) is 10.2 Å². The quantitative estimate of drug-likeness (QED) is 0.829. The number of aromatic nitrogens is 3. The molecule has 4 rings (SSSR count). The smallest absolute Gasteiger partial charge is 0.225 e. The van der Waals surface area contributed by atoms with Crippen LogP contribution in [-0.4, -0.2) is 51.8 Å². The number of rotatable bonds is 3. The van der Waals surface area contributed by atoms with E-state index < -0.39 is 0 Å². The van der Waals surface area contributed by atoms with Gasteiger partial charge in [0.2, 0.25) is 16.2 Å². The van der Waals surface area contributed by atoms with Gasteiger partial charge in [0.05, 0.1) is 0 Å². The lowest BCUT2D eigenvalue weighted by Crippen LogP contribution is -2.44. The highest BCUT2D eigenvalue weighted by atomic mass is 32.1. The van der Waals surface area contributed by atoms with Gasteiger partial charge >= 0.3 is 0 Å². The Morgan fingerprint density at radius 1 is 0.962 bits per heavy atom. The molecule has 0 aliphatic carbocycles. The van der Waals surface area contributed by atoms with Crippen molar-refractivity contribution < 1.29 is 4.79 Å². The lowest BCUT2D eigenvalue weighted by molar-refractivity contribution is -0.137. The molecule has 0 N–H and O–H groups in total. The molecule has 2 aliphatic heterocycles. The van der Waals surface area contributed by atoms with E-state index >= 15 is 0 Å². The number of hydrogen-bond acceptors (Lipinski definition) is 5. The highest BCUT2D eigenvalue weighted by molar-refractivity contribution is 7.17. The third-order valence-electron chi connectivity index (χ3n) is 5.65. The summed E-state index contributed by atoms with van der Waals surface area (Å²) in [7, 11) is 0. The van der Waals surface area contributed by atoms with Crippen molar-refractivity contribution in [1.29, 1.82) is 0 Å². The van der Waals surface area contributed by atoms with Crippen LogP contribution in [0.25, 0.3) is 5.13 Å². The molecule has 0 atom stereocenters. The van der Waals surface area contributed by atoms with E-state index in [9.17, 15) is 4.79 Å². The predicted octanol–water partition coefficient (Wildman–Crippen LogP) is 3.17. The molecule has 2 aliphatic rings. The number of nitrogens with zero attached hydrogens (tertiary/aromatic N) is 5. The fourth-order valence-corrected chi connectivity index (χ4v) is 5.10. The van der Waals surface area contributed by atoms with Gasteiger partial charge in [-0.05, 0) is 58.1 Å². The summed E-state index contributed by atoms with van der Waals surface area (Å²) in [6.07, 6.45) is 5.44. The van der Waals surface area contributed by atoms with Crippen LogP contribution in [-0.2, 0) is 4.79 Å². The number of hydrogen-bond donors (Lipinski definition) is 0. The maximum atomic E-state index is 12.7. The molecular weight excluding hydrogens is 346 g/mol. The van der Waals surface area contributed by atoms with Gasteiger partial charge in [-0.1, -0.05) is 11.3 Å². The Bertz CT molecular complexity index is 749. The highest BCUT2D eigenvalue weighted by Gasteiger charge is 2.30. The van der Waals surface area contributed by atoms with Gasteiger partial charge in [0.15, 0.2) is 0 Å². The zero-order valence-electron chi connectivity index (χ0n) is 15.6. The Kier molecular flexibility index (Phi) is 4.98. The van der Waals surface area contributed by atoms with E-state index in [0.717, 1.165) is 62.1 Å². The van der Waals surface area contributed by atoms with E-state index in [0.29, 0.717) is 5.91 Å². The minimum Gasteiger partial charge on any atom is -0.347 e. The van der Waals surface area contributed by atoms with Crippen molar-refractivity contribution in [3.63, 3.8) is 0 Å². The van der Waals surface area contributed by atoms with Gasteiger partial charge in [-0.2, -0.15) is 0 Å². The monoisotopic (exact) mass is 373 g/mol. The van der Waals surface area contributed by atoms with Gasteiger partial charge < -0.3 is 9.80 Å². The zero-order valence-corrected chi connectivity index (χ0v) is 16.5. The lowest BCUT2D eigenvalue weighted by Gasteiger charge is -2.35. The SMILES string of the molecule is Cc1ccc(C)n1-c1nnc(N2CCC(C(=O)N3CCCCC3)CC2)s1. The molecule has 26 heavy (non-hydrogen) atoms. The minimum absolute atomic E-state index is 0.186. The molecule has 2 aromatic heterocycles. The standard InChI is InChI=1S/C19H27N5OS/c1-14-6-7-15(2)24(14)19-21-20-18(26-19)23-12-8-16(9-13-23)17(25)22-10-4-3-5-11-22/h6-7,16H,3-5,8-13H2,1-2H3. The first-order chi connectivity index (χ1) is 12.6. The molecule has 2 fully saturated rings. The summed E-state index contributed by atoms with van der Waals surface area (Å²) < 4.78 is 2.15. The Hall–Kier alpha value is -1.89. The molecule has 6 nitrogen and oxygen atoms in total. The molecule has 7 heteroatoms. The second kappa shape index (κ2) is 7.39. The molecule has 0 bridgehead atoms. The van der Waals surface area contributed by atoms with Crippen molar-refractivity contribution in [2.45, 2.75) is 46.0 Å².